The zero-order chi connectivity index (χ0) is 22.2. The average Bonchev–Trinajstić information content (AvgIpc) is 3.27. The number of urea groups is 1. The monoisotopic (exact) mass is 423 g/mol. The van der Waals surface area contributed by atoms with Crippen LogP contribution in [0.15, 0.2) is 42.5 Å². The van der Waals surface area contributed by atoms with Crippen LogP contribution in [-0.2, 0) is 22.6 Å². The number of rotatable bonds is 6. The van der Waals surface area contributed by atoms with Crippen LogP contribution in [0.4, 0.5) is 4.79 Å². The summed E-state index contributed by atoms with van der Waals surface area (Å²) in [4.78, 5) is 40.7. The number of nitrogens with zero attached hydrogens (tertiary/aromatic N) is 2. The van der Waals surface area contributed by atoms with Gasteiger partial charge in [-0.25, -0.2) is 4.79 Å². The van der Waals surface area contributed by atoms with Crippen LogP contribution in [0.25, 0.3) is 0 Å². The van der Waals surface area contributed by atoms with Gasteiger partial charge in [0, 0.05) is 20.0 Å². The van der Waals surface area contributed by atoms with Gasteiger partial charge in [0.15, 0.2) is 11.5 Å². The lowest BCUT2D eigenvalue weighted by Gasteiger charge is -2.23. The zero-order valence-corrected chi connectivity index (χ0v) is 17.8. The van der Waals surface area contributed by atoms with Crippen LogP contribution in [0, 0.1) is 6.92 Å². The van der Waals surface area contributed by atoms with Gasteiger partial charge in [-0.1, -0.05) is 35.9 Å². The molecule has 4 amide bonds. The fraction of sp³-hybridized carbons (Fsp3) is 0.348. The number of carbonyl (C=O) groups is 3. The van der Waals surface area contributed by atoms with Crippen molar-refractivity contribution in [2.45, 2.75) is 32.4 Å². The molecule has 1 atom stereocenters. The quantitative estimate of drug-likeness (QED) is 0.720. The summed E-state index contributed by atoms with van der Waals surface area (Å²) in [6.07, 6.45) is 0.276. The first-order valence-electron chi connectivity index (χ1n) is 10.1. The van der Waals surface area contributed by atoms with Crippen molar-refractivity contribution in [1.82, 2.24) is 15.1 Å². The van der Waals surface area contributed by atoms with Gasteiger partial charge in [0.25, 0.3) is 5.91 Å². The number of aryl methyl sites for hydroxylation is 1. The Labute approximate surface area is 180 Å². The van der Waals surface area contributed by atoms with Gasteiger partial charge in [0.1, 0.15) is 12.1 Å². The molecule has 1 fully saturated rings. The Morgan fingerprint density at radius 2 is 1.77 bits per heavy atom. The summed E-state index contributed by atoms with van der Waals surface area (Å²) in [5.74, 6) is 0.533. The lowest BCUT2D eigenvalue weighted by molar-refractivity contribution is -0.138. The van der Waals surface area contributed by atoms with Crippen molar-refractivity contribution in [1.29, 1.82) is 0 Å². The summed E-state index contributed by atoms with van der Waals surface area (Å²) >= 11 is 0. The molecule has 2 aromatic carbocycles. The van der Waals surface area contributed by atoms with E-state index >= 15 is 0 Å². The number of carbonyl (C=O) groups excluding carboxylic acids is 3. The molecule has 162 valence electrons. The highest BCUT2D eigenvalue weighted by atomic mass is 16.7. The van der Waals surface area contributed by atoms with Gasteiger partial charge >= 0.3 is 6.03 Å². The third-order valence-corrected chi connectivity index (χ3v) is 5.60. The molecular formula is C23H25N3O5. The van der Waals surface area contributed by atoms with Crippen molar-refractivity contribution in [3.8, 4) is 11.5 Å². The maximum absolute atomic E-state index is 13.0. The molecule has 2 aromatic rings. The van der Waals surface area contributed by atoms with Crippen LogP contribution in [0.1, 0.15) is 23.6 Å². The fourth-order valence-corrected chi connectivity index (χ4v) is 3.78. The van der Waals surface area contributed by atoms with Gasteiger partial charge in [-0.15, -0.1) is 0 Å². The molecular weight excluding hydrogens is 398 g/mol. The number of ether oxygens (including phenoxy) is 2. The predicted octanol–water partition coefficient (Wildman–Crippen LogP) is 2.24. The first-order chi connectivity index (χ1) is 14.7. The van der Waals surface area contributed by atoms with E-state index in [2.05, 4.69) is 5.32 Å². The van der Waals surface area contributed by atoms with Gasteiger partial charge < -0.3 is 19.7 Å². The summed E-state index contributed by atoms with van der Waals surface area (Å²) in [7, 11) is 1.66. The molecule has 0 aromatic heterocycles. The third kappa shape index (κ3) is 4.19. The molecule has 0 radical (unpaired) electrons. The molecule has 0 unspecified atom stereocenters. The second kappa shape index (κ2) is 7.94. The van der Waals surface area contributed by atoms with Crippen LogP contribution in [0.3, 0.4) is 0 Å². The molecule has 0 aliphatic carbocycles. The van der Waals surface area contributed by atoms with E-state index < -0.39 is 17.5 Å². The van der Waals surface area contributed by atoms with E-state index in [1.807, 2.05) is 37.3 Å². The Kier molecular flexibility index (Phi) is 5.31. The topological polar surface area (TPSA) is 88.2 Å². The predicted molar refractivity (Wildman–Crippen MR) is 113 cm³/mol. The van der Waals surface area contributed by atoms with Crippen molar-refractivity contribution in [3.63, 3.8) is 0 Å². The summed E-state index contributed by atoms with van der Waals surface area (Å²) in [6.45, 7) is 3.92. The lowest BCUT2D eigenvalue weighted by atomic mass is 9.92. The summed E-state index contributed by atoms with van der Waals surface area (Å²) in [5.41, 5.74) is 1.80. The maximum atomic E-state index is 13.0. The van der Waals surface area contributed by atoms with Crippen molar-refractivity contribution >= 4 is 17.8 Å². The second-order valence-corrected chi connectivity index (χ2v) is 8.25. The largest absolute Gasteiger partial charge is 0.454 e. The van der Waals surface area contributed by atoms with Crippen LogP contribution in [-0.4, -0.2) is 53.6 Å². The third-order valence-electron chi connectivity index (χ3n) is 5.60. The van der Waals surface area contributed by atoms with Gasteiger partial charge in [0.2, 0.25) is 12.7 Å². The van der Waals surface area contributed by atoms with Gasteiger partial charge in [-0.3, -0.25) is 14.5 Å². The molecule has 1 N–H and O–H groups in total. The van der Waals surface area contributed by atoms with Gasteiger partial charge in [-0.2, -0.15) is 0 Å². The number of amides is 4. The minimum atomic E-state index is -1.14. The molecule has 8 nitrogen and oxygen atoms in total. The molecule has 2 heterocycles. The standard InChI is InChI=1S/C23H25N3O5/c1-15-4-6-16(7-5-15)12-25(3)20(27)13-26-21(28)23(2,24-22(26)29)11-17-8-9-18-19(10-17)31-14-30-18/h4-10H,11-14H2,1-3H3,(H,24,29)/t23-/m1/s1. The number of hydrogen-bond donors (Lipinski definition) is 1. The van der Waals surface area contributed by atoms with E-state index in [4.69, 9.17) is 9.47 Å². The first-order valence-corrected chi connectivity index (χ1v) is 10.1. The summed E-state index contributed by atoms with van der Waals surface area (Å²) in [5, 5.41) is 2.74. The van der Waals surface area contributed by atoms with Crippen LogP contribution in [0.5, 0.6) is 11.5 Å². The molecule has 4 rings (SSSR count). The molecule has 1 saturated heterocycles. The highest BCUT2D eigenvalue weighted by Crippen LogP contribution is 2.34. The molecule has 31 heavy (non-hydrogen) atoms. The van der Waals surface area contributed by atoms with Gasteiger partial charge in [0.05, 0.1) is 0 Å². The first kappa shape index (κ1) is 20.7. The smallest absolute Gasteiger partial charge is 0.325 e. The minimum Gasteiger partial charge on any atom is -0.454 e. The van der Waals surface area contributed by atoms with Crippen molar-refractivity contribution in [3.05, 3.63) is 59.2 Å². The van der Waals surface area contributed by atoms with E-state index in [0.29, 0.717) is 18.0 Å². The zero-order valence-electron chi connectivity index (χ0n) is 17.8. The van der Waals surface area contributed by atoms with Crippen molar-refractivity contribution in [2.75, 3.05) is 20.4 Å². The van der Waals surface area contributed by atoms with E-state index in [0.717, 1.165) is 21.6 Å². The normalized spacial score (nSPS) is 19.5. The van der Waals surface area contributed by atoms with Crippen LogP contribution >= 0.6 is 0 Å². The molecule has 0 spiro atoms. The van der Waals surface area contributed by atoms with Crippen molar-refractivity contribution < 1.29 is 23.9 Å². The SMILES string of the molecule is Cc1ccc(CN(C)C(=O)CN2C(=O)N[C@](C)(Cc3ccc4c(c3)OCO4)C2=O)cc1. The molecule has 2 aliphatic rings. The van der Waals surface area contributed by atoms with E-state index in [1.54, 1.807) is 26.1 Å². The van der Waals surface area contributed by atoms with E-state index in [1.165, 1.54) is 4.90 Å². The van der Waals surface area contributed by atoms with Crippen molar-refractivity contribution in [2.24, 2.45) is 0 Å². The molecule has 2 aliphatic heterocycles. The molecule has 0 saturated carbocycles. The van der Waals surface area contributed by atoms with E-state index in [-0.39, 0.29) is 25.7 Å². The Balaban J connectivity index is 1.41. The van der Waals surface area contributed by atoms with Crippen LogP contribution in [0.2, 0.25) is 0 Å². The Bertz CT molecular complexity index is 1040. The summed E-state index contributed by atoms with van der Waals surface area (Å²) < 4.78 is 10.7. The number of benzene rings is 2. The Morgan fingerprint density at radius 1 is 1.10 bits per heavy atom. The number of fused-ring (bicyclic) bond motifs is 1. The maximum Gasteiger partial charge on any atom is 0.325 e. The summed E-state index contributed by atoms with van der Waals surface area (Å²) in [6, 6.07) is 12.7. The molecule has 0 bridgehead atoms. The highest BCUT2D eigenvalue weighted by molar-refractivity contribution is 6.08. The minimum absolute atomic E-state index is 0.164. The Morgan fingerprint density at radius 3 is 2.52 bits per heavy atom. The average molecular weight is 423 g/mol. The van der Waals surface area contributed by atoms with Gasteiger partial charge in [-0.05, 0) is 37.1 Å². The number of nitrogens with one attached hydrogen (secondary N) is 1. The number of likely N-dealkylation sites (N-methyl/N-ethyl adjacent to an activating group) is 1. The van der Waals surface area contributed by atoms with E-state index in [9.17, 15) is 14.4 Å². The van der Waals surface area contributed by atoms with Crippen LogP contribution < -0.4 is 14.8 Å². The Hall–Kier alpha value is -3.55. The second-order valence-electron chi connectivity index (χ2n) is 8.25. The number of hydrogen-bond acceptors (Lipinski definition) is 5. The number of imide groups is 1. The highest BCUT2D eigenvalue weighted by Gasteiger charge is 2.48. The molecule has 8 heteroatoms. The lowest BCUT2D eigenvalue weighted by Crippen LogP contribution is -2.47. The fourth-order valence-electron chi connectivity index (χ4n) is 3.78.